The minimum Gasteiger partial charge on any atom is -0.486 e. The number of hydrogen-bond acceptors (Lipinski definition) is 3. The summed E-state index contributed by atoms with van der Waals surface area (Å²) in [4.78, 5) is 0. The summed E-state index contributed by atoms with van der Waals surface area (Å²) in [7, 11) is 0. The Morgan fingerprint density at radius 1 is 1.11 bits per heavy atom. The summed E-state index contributed by atoms with van der Waals surface area (Å²) in [6.45, 7) is 4.66. The van der Waals surface area contributed by atoms with Crippen LogP contribution >= 0.6 is 0 Å². The minimum absolute atomic E-state index is 0.665. The van der Waals surface area contributed by atoms with Crippen LogP contribution in [0.1, 0.15) is 36.8 Å². The first-order valence-electron chi connectivity index (χ1n) is 7.45. The van der Waals surface area contributed by atoms with E-state index in [9.17, 15) is 0 Å². The fraction of sp³-hybridized carbons (Fsp3) is 0.625. The standard InChI is InChI=1S/C16H23NO2/c1-12-10-15-16(19-9-8-18-15)11-13(12)4-2-3-7-17-14-5-6-14/h10-11,14,17H,2-9H2,1H3. The molecule has 1 heterocycles. The predicted octanol–water partition coefficient (Wildman–Crippen LogP) is 2.84. The van der Waals surface area contributed by atoms with Crippen molar-refractivity contribution in [1.82, 2.24) is 5.32 Å². The van der Waals surface area contributed by atoms with Gasteiger partial charge in [-0.25, -0.2) is 0 Å². The van der Waals surface area contributed by atoms with Crippen molar-refractivity contribution in [1.29, 1.82) is 0 Å². The largest absolute Gasteiger partial charge is 0.486 e. The Morgan fingerprint density at radius 2 is 1.84 bits per heavy atom. The summed E-state index contributed by atoms with van der Waals surface area (Å²) in [5.41, 5.74) is 2.72. The maximum absolute atomic E-state index is 5.65. The van der Waals surface area contributed by atoms with Gasteiger partial charge in [-0.3, -0.25) is 0 Å². The number of ether oxygens (including phenoxy) is 2. The number of rotatable bonds is 6. The van der Waals surface area contributed by atoms with Crippen molar-refractivity contribution in [3.8, 4) is 11.5 Å². The molecule has 0 unspecified atom stereocenters. The predicted molar refractivity (Wildman–Crippen MR) is 76.1 cm³/mol. The normalized spacial score (nSPS) is 17.5. The van der Waals surface area contributed by atoms with Crippen LogP contribution in [-0.4, -0.2) is 25.8 Å². The number of aryl methyl sites for hydroxylation is 2. The van der Waals surface area contributed by atoms with Gasteiger partial charge in [-0.1, -0.05) is 0 Å². The van der Waals surface area contributed by atoms with Crippen LogP contribution in [0.4, 0.5) is 0 Å². The molecule has 19 heavy (non-hydrogen) atoms. The fourth-order valence-electron chi connectivity index (χ4n) is 2.54. The van der Waals surface area contributed by atoms with Gasteiger partial charge in [-0.05, 0) is 68.8 Å². The highest BCUT2D eigenvalue weighted by Gasteiger charge is 2.19. The molecule has 0 bridgehead atoms. The summed E-state index contributed by atoms with van der Waals surface area (Å²) in [5.74, 6) is 1.82. The third-order valence-corrected chi connectivity index (χ3v) is 3.88. The number of unbranched alkanes of at least 4 members (excludes halogenated alkanes) is 1. The molecule has 1 aromatic carbocycles. The highest BCUT2D eigenvalue weighted by Crippen LogP contribution is 2.33. The van der Waals surface area contributed by atoms with Crippen molar-refractivity contribution < 1.29 is 9.47 Å². The van der Waals surface area contributed by atoms with Crippen LogP contribution in [-0.2, 0) is 6.42 Å². The van der Waals surface area contributed by atoms with Gasteiger partial charge in [0, 0.05) is 6.04 Å². The van der Waals surface area contributed by atoms with E-state index in [2.05, 4.69) is 24.4 Å². The van der Waals surface area contributed by atoms with Gasteiger partial charge >= 0.3 is 0 Å². The highest BCUT2D eigenvalue weighted by molar-refractivity contribution is 5.47. The smallest absolute Gasteiger partial charge is 0.161 e. The SMILES string of the molecule is Cc1cc2c(cc1CCCCNC1CC1)OCCO2. The second-order valence-electron chi connectivity index (χ2n) is 5.61. The monoisotopic (exact) mass is 261 g/mol. The lowest BCUT2D eigenvalue weighted by Crippen LogP contribution is -2.17. The summed E-state index contributed by atoms with van der Waals surface area (Å²) in [6, 6.07) is 5.11. The summed E-state index contributed by atoms with van der Waals surface area (Å²) < 4.78 is 11.2. The Balaban J connectivity index is 1.51. The van der Waals surface area contributed by atoms with E-state index in [0.29, 0.717) is 13.2 Å². The number of nitrogens with one attached hydrogen (secondary N) is 1. The topological polar surface area (TPSA) is 30.5 Å². The third kappa shape index (κ3) is 3.41. The molecule has 104 valence electrons. The molecular formula is C16H23NO2. The van der Waals surface area contributed by atoms with Crippen molar-refractivity contribution in [2.24, 2.45) is 0 Å². The molecule has 1 N–H and O–H groups in total. The molecule has 3 nitrogen and oxygen atoms in total. The van der Waals surface area contributed by atoms with E-state index in [1.165, 1.54) is 36.8 Å². The van der Waals surface area contributed by atoms with Crippen molar-refractivity contribution in [2.75, 3.05) is 19.8 Å². The zero-order valence-corrected chi connectivity index (χ0v) is 11.7. The Hall–Kier alpha value is -1.22. The van der Waals surface area contributed by atoms with E-state index in [-0.39, 0.29) is 0 Å². The van der Waals surface area contributed by atoms with Gasteiger partial charge in [0.05, 0.1) is 0 Å². The lowest BCUT2D eigenvalue weighted by Gasteiger charge is -2.20. The van der Waals surface area contributed by atoms with Crippen LogP contribution in [0.3, 0.4) is 0 Å². The molecule has 3 rings (SSSR count). The van der Waals surface area contributed by atoms with Gasteiger partial charge in [-0.15, -0.1) is 0 Å². The molecule has 1 fully saturated rings. The van der Waals surface area contributed by atoms with Crippen molar-refractivity contribution in [2.45, 2.75) is 45.1 Å². The summed E-state index contributed by atoms with van der Waals surface area (Å²) >= 11 is 0. The molecule has 0 aromatic heterocycles. The number of fused-ring (bicyclic) bond motifs is 1. The second-order valence-corrected chi connectivity index (χ2v) is 5.61. The first kappa shape index (κ1) is 12.8. The van der Waals surface area contributed by atoms with Crippen LogP contribution in [0.5, 0.6) is 11.5 Å². The van der Waals surface area contributed by atoms with E-state index in [1.807, 2.05) is 0 Å². The van der Waals surface area contributed by atoms with E-state index in [0.717, 1.165) is 30.5 Å². The zero-order chi connectivity index (χ0) is 13.1. The molecule has 0 amide bonds. The first-order chi connectivity index (χ1) is 9.33. The second kappa shape index (κ2) is 5.83. The number of hydrogen-bond donors (Lipinski definition) is 1. The average Bonchev–Trinajstić information content (AvgIpc) is 3.23. The molecule has 0 radical (unpaired) electrons. The van der Waals surface area contributed by atoms with E-state index >= 15 is 0 Å². The molecule has 3 heteroatoms. The highest BCUT2D eigenvalue weighted by atomic mass is 16.6. The molecule has 0 atom stereocenters. The number of benzene rings is 1. The van der Waals surface area contributed by atoms with E-state index < -0.39 is 0 Å². The Morgan fingerprint density at radius 3 is 2.58 bits per heavy atom. The maximum atomic E-state index is 5.65. The summed E-state index contributed by atoms with van der Waals surface area (Å²) in [5, 5.41) is 3.56. The van der Waals surface area contributed by atoms with Crippen LogP contribution in [0.15, 0.2) is 12.1 Å². The molecule has 0 saturated heterocycles. The third-order valence-electron chi connectivity index (χ3n) is 3.88. The molecular weight excluding hydrogens is 238 g/mol. The maximum Gasteiger partial charge on any atom is 0.161 e. The van der Waals surface area contributed by atoms with Crippen LogP contribution < -0.4 is 14.8 Å². The van der Waals surface area contributed by atoms with Gasteiger partial charge in [0.15, 0.2) is 11.5 Å². The molecule has 0 spiro atoms. The molecule has 1 aromatic rings. The van der Waals surface area contributed by atoms with Gasteiger partial charge in [-0.2, -0.15) is 0 Å². The quantitative estimate of drug-likeness (QED) is 0.799. The molecule has 1 aliphatic heterocycles. The Labute approximate surface area is 115 Å². The van der Waals surface area contributed by atoms with Gasteiger partial charge in [0.1, 0.15) is 13.2 Å². The molecule has 2 aliphatic rings. The van der Waals surface area contributed by atoms with Crippen molar-refractivity contribution in [3.63, 3.8) is 0 Å². The first-order valence-corrected chi connectivity index (χ1v) is 7.45. The fourth-order valence-corrected chi connectivity index (χ4v) is 2.54. The minimum atomic E-state index is 0.665. The van der Waals surface area contributed by atoms with Crippen LogP contribution in [0.25, 0.3) is 0 Å². The van der Waals surface area contributed by atoms with Crippen LogP contribution in [0, 0.1) is 6.92 Å². The molecule has 1 aliphatic carbocycles. The van der Waals surface area contributed by atoms with Crippen molar-refractivity contribution in [3.05, 3.63) is 23.3 Å². The summed E-state index contributed by atoms with van der Waals surface area (Å²) in [6.07, 6.45) is 6.38. The van der Waals surface area contributed by atoms with Gasteiger partial charge < -0.3 is 14.8 Å². The lowest BCUT2D eigenvalue weighted by molar-refractivity contribution is 0.171. The van der Waals surface area contributed by atoms with E-state index in [1.54, 1.807) is 0 Å². The zero-order valence-electron chi connectivity index (χ0n) is 11.7. The molecule has 1 saturated carbocycles. The van der Waals surface area contributed by atoms with Gasteiger partial charge in [0.25, 0.3) is 0 Å². The van der Waals surface area contributed by atoms with Crippen LogP contribution in [0.2, 0.25) is 0 Å². The Kier molecular flexibility index (Phi) is 3.92. The van der Waals surface area contributed by atoms with Crippen molar-refractivity contribution >= 4 is 0 Å². The average molecular weight is 261 g/mol. The lowest BCUT2D eigenvalue weighted by atomic mass is 10.0. The van der Waals surface area contributed by atoms with E-state index in [4.69, 9.17) is 9.47 Å². The van der Waals surface area contributed by atoms with Gasteiger partial charge in [0.2, 0.25) is 0 Å². The Bertz CT molecular complexity index is 441.